The van der Waals surface area contributed by atoms with Crippen molar-refractivity contribution in [2.45, 2.75) is 65.2 Å². The largest absolute Gasteiger partial charge is 0.342 e. The molecule has 0 aromatic heterocycles. The summed E-state index contributed by atoms with van der Waals surface area (Å²) in [6, 6.07) is 0. The van der Waals surface area contributed by atoms with Gasteiger partial charge in [-0.25, -0.2) is 0 Å². The van der Waals surface area contributed by atoms with Crippen LogP contribution in [-0.2, 0) is 4.79 Å². The van der Waals surface area contributed by atoms with Gasteiger partial charge in [0.1, 0.15) is 0 Å². The van der Waals surface area contributed by atoms with Crippen molar-refractivity contribution < 1.29 is 4.79 Å². The standard InChI is InChI=1S/C18H32N2O.ClH/c1-15(2)13-18(5-3-4-6-18)16(21)20-11-8-17(9-12-20)7-10-19-14-17;/h15,19H,3-14H2,1-2H3;1H. The fourth-order valence-electron chi connectivity index (χ4n) is 5.08. The third kappa shape index (κ3) is 3.46. The van der Waals surface area contributed by atoms with Crippen LogP contribution in [0.5, 0.6) is 0 Å². The molecule has 3 nitrogen and oxygen atoms in total. The van der Waals surface area contributed by atoms with Gasteiger partial charge in [-0.2, -0.15) is 0 Å². The number of halogens is 1. The number of carbonyl (C=O) groups excluding carboxylic acids is 1. The zero-order valence-corrected chi connectivity index (χ0v) is 15.1. The number of carbonyl (C=O) groups is 1. The zero-order valence-electron chi connectivity index (χ0n) is 14.3. The highest BCUT2D eigenvalue weighted by molar-refractivity contribution is 5.85. The van der Waals surface area contributed by atoms with Gasteiger partial charge in [0.15, 0.2) is 0 Å². The van der Waals surface area contributed by atoms with Gasteiger partial charge in [-0.1, -0.05) is 26.7 Å². The minimum Gasteiger partial charge on any atom is -0.342 e. The van der Waals surface area contributed by atoms with Gasteiger partial charge in [0.25, 0.3) is 0 Å². The highest BCUT2D eigenvalue weighted by Crippen LogP contribution is 2.46. The molecule has 1 amide bonds. The molecule has 128 valence electrons. The minimum atomic E-state index is -0.00735. The van der Waals surface area contributed by atoms with Crippen LogP contribution < -0.4 is 5.32 Å². The van der Waals surface area contributed by atoms with Gasteiger partial charge in [0.2, 0.25) is 5.91 Å². The minimum absolute atomic E-state index is 0. The molecular weight excluding hydrogens is 296 g/mol. The molecule has 0 unspecified atom stereocenters. The number of piperidine rings is 1. The molecule has 3 fully saturated rings. The van der Waals surface area contributed by atoms with Crippen molar-refractivity contribution in [1.29, 1.82) is 0 Å². The van der Waals surface area contributed by atoms with Crippen LogP contribution >= 0.6 is 12.4 Å². The van der Waals surface area contributed by atoms with E-state index in [1.807, 2.05) is 0 Å². The number of amides is 1. The molecule has 0 aromatic carbocycles. The first-order valence-electron chi connectivity index (χ1n) is 9.06. The number of hydrogen-bond donors (Lipinski definition) is 1. The van der Waals surface area contributed by atoms with E-state index in [9.17, 15) is 4.79 Å². The highest BCUT2D eigenvalue weighted by Gasteiger charge is 2.46. The molecule has 0 aromatic rings. The maximum absolute atomic E-state index is 13.2. The van der Waals surface area contributed by atoms with Crippen molar-refractivity contribution in [3.8, 4) is 0 Å². The van der Waals surface area contributed by atoms with Crippen LogP contribution in [-0.4, -0.2) is 37.0 Å². The Balaban J connectivity index is 0.00000176. The van der Waals surface area contributed by atoms with Gasteiger partial charge in [0.05, 0.1) is 0 Å². The van der Waals surface area contributed by atoms with Gasteiger partial charge >= 0.3 is 0 Å². The Morgan fingerprint density at radius 2 is 1.73 bits per heavy atom. The van der Waals surface area contributed by atoms with E-state index in [1.165, 1.54) is 45.2 Å². The summed E-state index contributed by atoms with van der Waals surface area (Å²) in [5, 5.41) is 3.51. The predicted octanol–water partition coefficient (Wildman–Crippen LogP) is 3.62. The van der Waals surface area contributed by atoms with Crippen LogP contribution in [0.1, 0.15) is 65.2 Å². The SMILES string of the molecule is CC(C)CC1(C(=O)N2CCC3(CCNC3)CC2)CCCC1.Cl. The van der Waals surface area contributed by atoms with Crippen molar-refractivity contribution in [2.24, 2.45) is 16.7 Å². The van der Waals surface area contributed by atoms with Crippen molar-refractivity contribution in [3.05, 3.63) is 0 Å². The lowest BCUT2D eigenvalue weighted by atomic mass is 9.74. The van der Waals surface area contributed by atoms with E-state index < -0.39 is 0 Å². The molecule has 1 aliphatic carbocycles. The van der Waals surface area contributed by atoms with E-state index in [4.69, 9.17) is 0 Å². The first-order valence-corrected chi connectivity index (χ1v) is 9.06. The maximum Gasteiger partial charge on any atom is 0.228 e. The molecule has 2 saturated heterocycles. The van der Waals surface area contributed by atoms with Crippen LogP contribution in [0.2, 0.25) is 0 Å². The summed E-state index contributed by atoms with van der Waals surface area (Å²) in [4.78, 5) is 15.4. The van der Waals surface area contributed by atoms with Crippen LogP contribution in [0, 0.1) is 16.7 Å². The number of nitrogens with zero attached hydrogens (tertiary/aromatic N) is 1. The van der Waals surface area contributed by atoms with Crippen LogP contribution in [0.25, 0.3) is 0 Å². The summed E-state index contributed by atoms with van der Waals surface area (Å²) in [6.07, 6.45) is 9.59. The molecular formula is C18H33ClN2O. The zero-order chi connectivity index (χ0) is 14.9. The summed E-state index contributed by atoms with van der Waals surface area (Å²) in [6.45, 7) is 8.88. The molecule has 22 heavy (non-hydrogen) atoms. The monoisotopic (exact) mass is 328 g/mol. The van der Waals surface area contributed by atoms with Crippen molar-refractivity contribution in [2.75, 3.05) is 26.2 Å². The van der Waals surface area contributed by atoms with Crippen molar-refractivity contribution >= 4 is 18.3 Å². The molecule has 2 heterocycles. The third-order valence-electron chi connectivity index (χ3n) is 6.26. The number of likely N-dealkylation sites (tertiary alicyclic amines) is 1. The number of rotatable bonds is 3. The first-order chi connectivity index (χ1) is 10.1. The Kier molecular flexibility index (Phi) is 5.82. The summed E-state index contributed by atoms with van der Waals surface area (Å²) >= 11 is 0. The molecule has 1 spiro atoms. The molecule has 0 atom stereocenters. The normalized spacial score (nSPS) is 26.4. The second-order valence-corrected chi connectivity index (χ2v) is 8.30. The highest BCUT2D eigenvalue weighted by atomic mass is 35.5. The van der Waals surface area contributed by atoms with Crippen LogP contribution in [0.4, 0.5) is 0 Å². The van der Waals surface area contributed by atoms with E-state index in [0.717, 1.165) is 32.4 Å². The molecule has 1 N–H and O–H groups in total. The molecule has 3 rings (SSSR count). The van der Waals surface area contributed by atoms with E-state index in [-0.39, 0.29) is 17.8 Å². The summed E-state index contributed by atoms with van der Waals surface area (Å²) in [7, 11) is 0. The molecule has 0 bridgehead atoms. The lowest BCUT2D eigenvalue weighted by Gasteiger charge is -2.43. The lowest BCUT2D eigenvalue weighted by Crippen LogP contribution is -2.49. The average molecular weight is 329 g/mol. The summed E-state index contributed by atoms with van der Waals surface area (Å²) in [5.74, 6) is 1.12. The van der Waals surface area contributed by atoms with Crippen molar-refractivity contribution in [3.63, 3.8) is 0 Å². The third-order valence-corrected chi connectivity index (χ3v) is 6.26. The van der Waals surface area contributed by atoms with Gasteiger partial charge < -0.3 is 10.2 Å². The van der Waals surface area contributed by atoms with Gasteiger partial charge in [-0.05, 0) is 56.4 Å². The number of hydrogen-bond acceptors (Lipinski definition) is 2. The maximum atomic E-state index is 13.2. The summed E-state index contributed by atoms with van der Waals surface area (Å²) in [5.41, 5.74) is 0.504. The molecule has 0 radical (unpaired) electrons. The van der Waals surface area contributed by atoms with Gasteiger partial charge in [0, 0.05) is 25.0 Å². The Bertz CT molecular complexity index is 375. The quantitative estimate of drug-likeness (QED) is 0.858. The van der Waals surface area contributed by atoms with E-state index in [0.29, 0.717) is 17.2 Å². The first kappa shape index (κ1) is 18.1. The molecule has 1 saturated carbocycles. The summed E-state index contributed by atoms with van der Waals surface area (Å²) < 4.78 is 0. The topological polar surface area (TPSA) is 32.3 Å². The molecule has 2 aliphatic heterocycles. The number of nitrogens with one attached hydrogen (secondary N) is 1. The lowest BCUT2D eigenvalue weighted by molar-refractivity contribution is -0.145. The second-order valence-electron chi connectivity index (χ2n) is 8.30. The van der Waals surface area contributed by atoms with E-state index >= 15 is 0 Å². The Hall–Kier alpha value is -0.280. The van der Waals surface area contributed by atoms with Gasteiger partial charge in [-0.15, -0.1) is 12.4 Å². The fraction of sp³-hybridized carbons (Fsp3) is 0.944. The average Bonchev–Trinajstić information content (AvgIpc) is 3.09. The van der Waals surface area contributed by atoms with E-state index in [2.05, 4.69) is 24.1 Å². The van der Waals surface area contributed by atoms with Gasteiger partial charge in [-0.3, -0.25) is 4.79 Å². The second kappa shape index (κ2) is 7.09. The fourth-order valence-corrected chi connectivity index (χ4v) is 5.08. The van der Waals surface area contributed by atoms with Crippen LogP contribution in [0.15, 0.2) is 0 Å². The molecule has 3 aliphatic rings. The Labute approximate surface area is 142 Å². The van der Waals surface area contributed by atoms with E-state index in [1.54, 1.807) is 0 Å². The smallest absolute Gasteiger partial charge is 0.228 e. The van der Waals surface area contributed by atoms with Crippen LogP contribution in [0.3, 0.4) is 0 Å². The Morgan fingerprint density at radius 3 is 2.23 bits per heavy atom. The van der Waals surface area contributed by atoms with Crippen molar-refractivity contribution in [1.82, 2.24) is 10.2 Å². The molecule has 4 heteroatoms. The predicted molar refractivity (Wildman–Crippen MR) is 93.3 cm³/mol. The Morgan fingerprint density at radius 1 is 1.09 bits per heavy atom.